The number of nitriles is 1. The molecule has 0 bridgehead atoms. The summed E-state index contributed by atoms with van der Waals surface area (Å²) in [6.07, 6.45) is 0. The van der Waals surface area contributed by atoms with Crippen molar-refractivity contribution < 1.29 is 8.42 Å². The van der Waals surface area contributed by atoms with Crippen LogP contribution in [0.1, 0.15) is 0 Å². The third-order valence-electron chi connectivity index (χ3n) is 1.11. The number of rotatable bonds is 2. The lowest BCUT2D eigenvalue weighted by Crippen LogP contribution is -2.02. The van der Waals surface area contributed by atoms with E-state index in [0.717, 1.165) is 0 Å². The van der Waals surface area contributed by atoms with Crippen LogP contribution in [0.4, 0.5) is 0 Å². The number of hydrogen-bond acceptors (Lipinski definition) is 4. The maximum absolute atomic E-state index is 11.1. The van der Waals surface area contributed by atoms with Crippen LogP contribution in [-0.2, 0) is 9.84 Å². The van der Waals surface area contributed by atoms with Gasteiger partial charge in [-0.1, -0.05) is 0 Å². The largest absolute Gasteiger partial charge is 0.223 e. The molecule has 0 aromatic carbocycles. The zero-order valence-corrected chi connectivity index (χ0v) is 7.15. The second kappa shape index (κ2) is 3.03. The van der Waals surface area contributed by atoms with Gasteiger partial charge in [-0.15, -0.1) is 0 Å². The van der Waals surface area contributed by atoms with Gasteiger partial charge >= 0.3 is 0 Å². The molecule has 1 rings (SSSR count). The maximum atomic E-state index is 11.1. The van der Waals surface area contributed by atoms with Gasteiger partial charge in [0, 0.05) is 5.38 Å². The van der Waals surface area contributed by atoms with Crippen molar-refractivity contribution in [2.24, 2.45) is 0 Å². The summed E-state index contributed by atoms with van der Waals surface area (Å²) in [5.74, 6) is -0.441. The van der Waals surface area contributed by atoms with Crippen molar-refractivity contribution in [1.29, 1.82) is 5.26 Å². The van der Waals surface area contributed by atoms with Gasteiger partial charge in [0.1, 0.15) is 5.75 Å². The minimum absolute atomic E-state index is 0.240. The van der Waals surface area contributed by atoms with Gasteiger partial charge in [-0.2, -0.15) is 16.6 Å². The van der Waals surface area contributed by atoms with Crippen LogP contribution < -0.4 is 0 Å². The molecule has 0 saturated carbocycles. The molecule has 0 N–H and O–H groups in total. The zero-order valence-electron chi connectivity index (χ0n) is 5.52. The third-order valence-corrected chi connectivity index (χ3v) is 3.42. The van der Waals surface area contributed by atoms with Crippen molar-refractivity contribution in [2.45, 2.75) is 4.90 Å². The number of sulfone groups is 1. The maximum Gasteiger partial charge on any atom is 0.192 e. The molecule has 1 aromatic heterocycles. The van der Waals surface area contributed by atoms with Crippen LogP contribution >= 0.6 is 11.3 Å². The first-order chi connectivity index (χ1) is 5.17. The highest BCUT2D eigenvalue weighted by atomic mass is 32.2. The monoisotopic (exact) mass is 187 g/mol. The lowest BCUT2D eigenvalue weighted by atomic mass is 10.7. The topological polar surface area (TPSA) is 57.9 Å². The summed E-state index contributed by atoms with van der Waals surface area (Å²) in [6, 6.07) is 3.11. The van der Waals surface area contributed by atoms with Crippen LogP contribution in [0.15, 0.2) is 21.7 Å². The highest BCUT2D eigenvalue weighted by molar-refractivity contribution is 7.91. The van der Waals surface area contributed by atoms with Gasteiger partial charge in [-0.25, -0.2) is 8.42 Å². The van der Waals surface area contributed by atoms with E-state index in [2.05, 4.69) is 0 Å². The van der Waals surface area contributed by atoms with Gasteiger partial charge < -0.3 is 0 Å². The van der Waals surface area contributed by atoms with Gasteiger partial charge in [0.05, 0.1) is 11.0 Å². The molecule has 0 amide bonds. The summed E-state index contributed by atoms with van der Waals surface area (Å²) in [5.41, 5.74) is 0. The summed E-state index contributed by atoms with van der Waals surface area (Å²) >= 11 is 1.30. The Kier molecular flexibility index (Phi) is 2.27. The molecule has 0 atom stereocenters. The fourth-order valence-electron chi connectivity index (χ4n) is 0.597. The molecule has 0 saturated heterocycles. The Hall–Kier alpha value is -0.860. The van der Waals surface area contributed by atoms with Crippen LogP contribution in [0.2, 0.25) is 0 Å². The number of thiophene rings is 1. The van der Waals surface area contributed by atoms with Gasteiger partial charge in [0.15, 0.2) is 9.84 Å². The molecular weight excluding hydrogens is 182 g/mol. The third kappa shape index (κ3) is 1.79. The lowest BCUT2D eigenvalue weighted by molar-refractivity contribution is 0.599. The van der Waals surface area contributed by atoms with E-state index in [0.29, 0.717) is 0 Å². The highest BCUT2D eigenvalue weighted by Crippen LogP contribution is 2.13. The van der Waals surface area contributed by atoms with Crippen LogP contribution in [0.5, 0.6) is 0 Å². The normalized spacial score (nSPS) is 10.8. The quantitative estimate of drug-likeness (QED) is 0.695. The minimum atomic E-state index is -3.32. The van der Waals surface area contributed by atoms with Crippen molar-refractivity contribution in [3.05, 3.63) is 16.8 Å². The fraction of sp³-hybridized carbons (Fsp3) is 0.167. The molecule has 0 aliphatic rings. The van der Waals surface area contributed by atoms with Crippen LogP contribution in [0.3, 0.4) is 0 Å². The van der Waals surface area contributed by atoms with Crippen molar-refractivity contribution in [2.75, 3.05) is 5.75 Å². The van der Waals surface area contributed by atoms with Gasteiger partial charge in [-0.3, -0.25) is 0 Å². The zero-order chi connectivity index (χ0) is 8.32. The Labute approximate surface area is 68.8 Å². The Morgan fingerprint density at radius 2 is 2.36 bits per heavy atom. The van der Waals surface area contributed by atoms with Crippen LogP contribution in [-0.4, -0.2) is 14.2 Å². The predicted octanol–water partition coefficient (Wildman–Crippen LogP) is 1.05. The van der Waals surface area contributed by atoms with Crippen molar-refractivity contribution >= 4 is 21.2 Å². The lowest BCUT2D eigenvalue weighted by Gasteiger charge is -1.91. The Morgan fingerprint density at radius 1 is 1.64 bits per heavy atom. The molecule has 0 aliphatic heterocycles. The summed E-state index contributed by atoms with van der Waals surface area (Å²) in [7, 11) is -3.32. The summed E-state index contributed by atoms with van der Waals surface area (Å²) in [6.45, 7) is 0. The average Bonchev–Trinajstić information content (AvgIpc) is 2.37. The van der Waals surface area contributed by atoms with E-state index in [9.17, 15) is 8.42 Å². The van der Waals surface area contributed by atoms with Gasteiger partial charge in [0.2, 0.25) is 0 Å². The fourth-order valence-corrected chi connectivity index (χ4v) is 2.56. The molecule has 58 valence electrons. The molecule has 1 aromatic rings. The van der Waals surface area contributed by atoms with Gasteiger partial charge in [-0.05, 0) is 11.4 Å². The summed E-state index contributed by atoms with van der Waals surface area (Å²) in [4.78, 5) is 0.240. The number of hydrogen-bond donors (Lipinski definition) is 0. The van der Waals surface area contributed by atoms with E-state index in [1.165, 1.54) is 22.8 Å². The molecule has 1 heterocycles. The van der Waals surface area contributed by atoms with E-state index >= 15 is 0 Å². The predicted molar refractivity (Wildman–Crippen MR) is 42.0 cm³/mol. The molecular formula is C6H5NO2S2. The molecule has 0 unspecified atom stereocenters. The molecule has 0 spiro atoms. The molecule has 5 heteroatoms. The van der Waals surface area contributed by atoms with Crippen molar-refractivity contribution in [3.8, 4) is 6.07 Å². The molecule has 11 heavy (non-hydrogen) atoms. The molecule has 0 radical (unpaired) electrons. The Bertz CT molecular complexity index is 358. The van der Waals surface area contributed by atoms with E-state index in [1.807, 2.05) is 0 Å². The first-order valence-electron chi connectivity index (χ1n) is 2.79. The summed E-state index contributed by atoms with van der Waals surface area (Å²) < 4.78 is 22.2. The second-order valence-electron chi connectivity index (χ2n) is 1.88. The number of nitrogens with zero attached hydrogens (tertiary/aromatic N) is 1. The van der Waals surface area contributed by atoms with E-state index < -0.39 is 15.6 Å². The van der Waals surface area contributed by atoms with Crippen molar-refractivity contribution in [3.63, 3.8) is 0 Å². The Balaban J connectivity index is 3.04. The average molecular weight is 187 g/mol. The standard InChI is InChI=1S/C6H5NO2S2/c7-2-4-11(8,9)6-1-3-10-5-6/h1,3,5H,4H2. The smallest absolute Gasteiger partial charge is 0.192 e. The minimum Gasteiger partial charge on any atom is -0.223 e. The van der Waals surface area contributed by atoms with Crippen LogP contribution in [0.25, 0.3) is 0 Å². The SMILES string of the molecule is N#CCS(=O)(=O)c1ccsc1. The molecule has 0 fully saturated rings. The molecule has 3 nitrogen and oxygen atoms in total. The van der Waals surface area contributed by atoms with Crippen molar-refractivity contribution in [1.82, 2.24) is 0 Å². The van der Waals surface area contributed by atoms with E-state index in [1.54, 1.807) is 11.4 Å². The molecule has 0 aliphatic carbocycles. The van der Waals surface area contributed by atoms with Crippen LogP contribution in [0, 0.1) is 11.3 Å². The van der Waals surface area contributed by atoms with E-state index in [-0.39, 0.29) is 4.90 Å². The second-order valence-corrected chi connectivity index (χ2v) is 4.65. The highest BCUT2D eigenvalue weighted by Gasteiger charge is 2.12. The first-order valence-corrected chi connectivity index (χ1v) is 5.38. The Morgan fingerprint density at radius 3 is 2.82 bits per heavy atom. The van der Waals surface area contributed by atoms with E-state index in [4.69, 9.17) is 5.26 Å². The summed E-state index contributed by atoms with van der Waals surface area (Å²) in [5, 5.41) is 11.4. The van der Waals surface area contributed by atoms with Gasteiger partial charge in [0.25, 0.3) is 0 Å². The first kappa shape index (κ1) is 8.24.